The monoisotopic (exact) mass is 420 g/mol. The van der Waals surface area contributed by atoms with Crippen LogP contribution in [0.15, 0.2) is 54.6 Å². The van der Waals surface area contributed by atoms with Crippen LogP contribution in [-0.4, -0.2) is 78.4 Å². The maximum absolute atomic E-state index is 13.0. The lowest BCUT2D eigenvalue weighted by molar-refractivity contribution is -0.132. The third kappa shape index (κ3) is 5.32. The largest absolute Gasteiger partial charge is 0.342 e. The number of nitrogens with zero attached hydrogens (tertiary/aromatic N) is 3. The predicted octanol–water partition coefficient (Wildman–Crippen LogP) is 2.92. The predicted molar refractivity (Wildman–Crippen MR) is 124 cm³/mol. The van der Waals surface area contributed by atoms with Crippen molar-refractivity contribution < 1.29 is 9.59 Å². The number of likely N-dealkylation sites (tertiary alicyclic amines) is 1. The first-order valence-corrected chi connectivity index (χ1v) is 11.3. The third-order valence-corrected chi connectivity index (χ3v) is 6.42. The molecular weight excluding hydrogens is 388 g/mol. The van der Waals surface area contributed by atoms with Crippen LogP contribution in [0.1, 0.15) is 19.8 Å². The van der Waals surface area contributed by atoms with E-state index in [-0.39, 0.29) is 17.9 Å². The summed E-state index contributed by atoms with van der Waals surface area (Å²) in [6.07, 6.45) is 2.25. The molecule has 1 atom stereocenters. The number of benzene rings is 2. The van der Waals surface area contributed by atoms with E-state index < -0.39 is 0 Å². The topological polar surface area (TPSA) is 55.9 Å². The molecule has 0 bridgehead atoms. The zero-order chi connectivity index (χ0) is 21.6. The Kier molecular flexibility index (Phi) is 6.99. The van der Waals surface area contributed by atoms with Gasteiger partial charge in [0.1, 0.15) is 0 Å². The molecule has 1 N–H and O–H groups in total. The second-order valence-electron chi connectivity index (χ2n) is 8.48. The van der Waals surface area contributed by atoms with Crippen LogP contribution in [0.4, 0.5) is 5.69 Å². The molecule has 2 aromatic rings. The first kappa shape index (κ1) is 21.5. The van der Waals surface area contributed by atoms with Crippen molar-refractivity contribution in [2.75, 3.05) is 51.1 Å². The minimum atomic E-state index is -0.222. The highest BCUT2D eigenvalue weighted by Crippen LogP contribution is 2.27. The first-order chi connectivity index (χ1) is 15.1. The molecule has 4 rings (SSSR count). The van der Waals surface area contributed by atoms with Gasteiger partial charge in [0.05, 0.1) is 12.6 Å². The lowest BCUT2D eigenvalue weighted by Crippen LogP contribution is -2.54. The number of carbonyl (C=O) groups excluding carboxylic acids is 2. The van der Waals surface area contributed by atoms with E-state index in [4.69, 9.17) is 0 Å². The summed E-state index contributed by atoms with van der Waals surface area (Å²) in [7, 11) is 0. The van der Waals surface area contributed by atoms with Gasteiger partial charge in [0.25, 0.3) is 0 Å². The van der Waals surface area contributed by atoms with E-state index in [2.05, 4.69) is 27.2 Å². The van der Waals surface area contributed by atoms with Crippen LogP contribution >= 0.6 is 0 Å². The highest BCUT2D eigenvalue weighted by Gasteiger charge is 2.28. The van der Waals surface area contributed by atoms with E-state index in [0.29, 0.717) is 6.54 Å². The molecule has 164 valence electrons. The molecule has 0 unspecified atom stereocenters. The average molecular weight is 421 g/mol. The number of piperazine rings is 1. The molecule has 0 radical (unpaired) electrons. The zero-order valence-corrected chi connectivity index (χ0v) is 18.3. The Morgan fingerprint density at radius 3 is 2.23 bits per heavy atom. The van der Waals surface area contributed by atoms with E-state index in [1.165, 1.54) is 0 Å². The quantitative estimate of drug-likeness (QED) is 0.781. The van der Waals surface area contributed by atoms with Crippen molar-refractivity contribution in [3.63, 3.8) is 0 Å². The Labute approximate surface area is 184 Å². The Morgan fingerprint density at radius 1 is 0.871 bits per heavy atom. The SMILES string of the molecule is C[C@@H](C(=O)Nc1ccccc1-c1ccccc1)N1CCN(CC(=O)N2CCCC2)CC1. The number of nitrogens with one attached hydrogen (secondary N) is 1. The molecule has 2 aliphatic rings. The maximum Gasteiger partial charge on any atom is 0.241 e. The molecule has 0 aromatic heterocycles. The minimum absolute atomic E-state index is 0.00461. The van der Waals surface area contributed by atoms with Crippen LogP contribution in [0.2, 0.25) is 0 Å². The van der Waals surface area contributed by atoms with Gasteiger partial charge in [-0.25, -0.2) is 0 Å². The highest BCUT2D eigenvalue weighted by molar-refractivity contribution is 5.98. The summed E-state index contributed by atoms with van der Waals surface area (Å²) in [5.74, 6) is 0.249. The van der Waals surface area contributed by atoms with Gasteiger partial charge in [-0.2, -0.15) is 0 Å². The average Bonchev–Trinajstić information content (AvgIpc) is 3.35. The van der Waals surface area contributed by atoms with Gasteiger partial charge in [0.2, 0.25) is 11.8 Å². The lowest BCUT2D eigenvalue weighted by atomic mass is 10.0. The van der Waals surface area contributed by atoms with Crippen LogP contribution in [0.5, 0.6) is 0 Å². The number of amides is 2. The molecule has 2 heterocycles. The summed E-state index contributed by atoms with van der Waals surface area (Å²) < 4.78 is 0. The number of para-hydroxylation sites is 1. The second kappa shape index (κ2) is 10.1. The molecule has 0 aliphatic carbocycles. The summed E-state index contributed by atoms with van der Waals surface area (Å²) in [5.41, 5.74) is 2.94. The van der Waals surface area contributed by atoms with Gasteiger partial charge < -0.3 is 10.2 Å². The first-order valence-electron chi connectivity index (χ1n) is 11.3. The van der Waals surface area contributed by atoms with Crippen LogP contribution in [0.3, 0.4) is 0 Å². The standard InChI is InChI=1S/C25H32N4O2/c1-20(28-17-15-27(16-18-28)19-24(30)29-13-7-8-14-29)25(31)26-23-12-6-5-11-22(23)21-9-3-2-4-10-21/h2-6,9-12,20H,7-8,13-19H2,1H3,(H,26,31)/t20-/m0/s1. The highest BCUT2D eigenvalue weighted by atomic mass is 16.2. The number of rotatable bonds is 6. The van der Waals surface area contributed by atoms with Gasteiger partial charge >= 0.3 is 0 Å². The Balaban J connectivity index is 1.31. The summed E-state index contributed by atoms with van der Waals surface area (Å²) in [6.45, 7) is 7.49. The van der Waals surface area contributed by atoms with Gasteiger partial charge in [-0.15, -0.1) is 0 Å². The van der Waals surface area contributed by atoms with Gasteiger partial charge in [-0.05, 0) is 31.4 Å². The van der Waals surface area contributed by atoms with Crippen molar-refractivity contribution in [3.8, 4) is 11.1 Å². The van der Waals surface area contributed by atoms with Crippen molar-refractivity contribution in [2.24, 2.45) is 0 Å². The Hall–Kier alpha value is -2.70. The summed E-state index contributed by atoms with van der Waals surface area (Å²) >= 11 is 0. The molecule has 6 nitrogen and oxygen atoms in total. The van der Waals surface area contributed by atoms with Crippen molar-refractivity contribution in [1.82, 2.24) is 14.7 Å². The van der Waals surface area contributed by atoms with Gasteiger partial charge in [-0.1, -0.05) is 48.5 Å². The summed E-state index contributed by atoms with van der Waals surface area (Å²) in [5, 5.41) is 3.13. The molecule has 2 saturated heterocycles. The molecule has 2 fully saturated rings. The molecule has 2 aliphatic heterocycles. The Morgan fingerprint density at radius 2 is 1.52 bits per heavy atom. The molecule has 6 heteroatoms. The number of hydrogen-bond donors (Lipinski definition) is 1. The fraction of sp³-hybridized carbons (Fsp3) is 0.440. The van der Waals surface area contributed by atoms with Crippen LogP contribution < -0.4 is 5.32 Å². The second-order valence-corrected chi connectivity index (χ2v) is 8.48. The molecule has 2 aromatic carbocycles. The van der Waals surface area contributed by atoms with Gasteiger partial charge in [0, 0.05) is 50.5 Å². The molecule has 31 heavy (non-hydrogen) atoms. The molecule has 2 amide bonds. The van der Waals surface area contributed by atoms with E-state index in [1.807, 2.05) is 54.3 Å². The molecular formula is C25H32N4O2. The van der Waals surface area contributed by atoms with Crippen LogP contribution in [0, 0.1) is 0 Å². The van der Waals surface area contributed by atoms with Crippen molar-refractivity contribution in [2.45, 2.75) is 25.8 Å². The van der Waals surface area contributed by atoms with Crippen LogP contribution in [-0.2, 0) is 9.59 Å². The number of anilines is 1. The lowest BCUT2D eigenvalue weighted by Gasteiger charge is -2.37. The Bertz CT molecular complexity index is 887. The maximum atomic E-state index is 13.0. The van der Waals surface area contributed by atoms with Crippen molar-refractivity contribution in [3.05, 3.63) is 54.6 Å². The van der Waals surface area contributed by atoms with Gasteiger partial charge in [0.15, 0.2) is 0 Å². The van der Waals surface area contributed by atoms with E-state index in [1.54, 1.807) is 0 Å². The van der Waals surface area contributed by atoms with E-state index in [0.717, 1.165) is 68.9 Å². The summed E-state index contributed by atoms with van der Waals surface area (Å²) in [6, 6.07) is 17.8. The summed E-state index contributed by atoms with van der Waals surface area (Å²) in [4.78, 5) is 31.8. The zero-order valence-electron chi connectivity index (χ0n) is 18.3. The molecule has 0 spiro atoms. The number of carbonyl (C=O) groups is 2. The van der Waals surface area contributed by atoms with Crippen LogP contribution in [0.25, 0.3) is 11.1 Å². The normalized spacial score (nSPS) is 18.7. The third-order valence-electron chi connectivity index (χ3n) is 6.42. The van der Waals surface area contributed by atoms with Crippen molar-refractivity contribution in [1.29, 1.82) is 0 Å². The minimum Gasteiger partial charge on any atom is -0.342 e. The fourth-order valence-corrected chi connectivity index (χ4v) is 4.43. The fourth-order valence-electron chi connectivity index (χ4n) is 4.43. The smallest absolute Gasteiger partial charge is 0.241 e. The van der Waals surface area contributed by atoms with Crippen molar-refractivity contribution >= 4 is 17.5 Å². The molecule has 0 saturated carbocycles. The van der Waals surface area contributed by atoms with E-state index >= 15 is 0 Å². The number of hydrogen-bond acceptors (Lipinski definition) is 4. The van der Waals surface area contributed by atoms with E-state index in [9.17, 15) is 9.59 Å². The van der Waals surface area contributed by atoms with Gasteiger partial charge in [-0.3, -0.25) is 19.4 Å².